The normalized spacial score (nSPS) is 10.3. The molecule has 0 saturated heterocycles. The molecule has 3 nitrogen and oxygen atoms in total. The van der Waals surface area contributed by atoms with E-state index in [9.17, 15) is 9.18 Å². The summed E-state index contributed by atoms with van der Waals surface area (Å²) in [6.45, 7) is 0. The van der Waals surface area contributed by atoms with Crippen molar-refractivity contribution in [1.82, 2.24) is 9.78 Å². The Hall–Kier alpha value is -1.49. The molecule has 0 fully saturated rings. The van der Waals surface area contributed by atoms with Crippen molar-refractivity contribution in [2.45, 2.75) is 0 Å². The highest BCUT2D eigenvalue weighted by atomic mass is 79.9. The second-order valence-corrected chi connectivity index (χ2v) is 3.76. The molecule has 0 atom stereocenters. The van der Waals surface area contributed by atoms with Gasteiger partial charge in [-0.1, -0.05) is 0 Å². The topological polar surface area (TPSA) is 34.9 Å². The van der Waals surface area contributed by atoms with Crippen LogP contribution in [-0.2, 0) is 0 Å². The molecule has 0 saturated carbocycles. The highest BCUT2D eigenvalue weighted by Gasteiger charge is 2.06. The Bertz CT molecular complexity index is 493. The van der Waals surface area contributed by atoms with Gasteiger partial charge in [0.1, 0.15) is 11.5 Å². The molecule has 0 aliphatic rings. The van der Waals surface area contributed by atoms with Gasteiger partial charge in [0.15, 0.2) is 6.29 Å². The molecule has 0 aliphatic heterocycles. The maximum absolute atomic E-state index is 12.7. The minimum Gasteiger partial charge on any atom is -0.296 e. The van der Waals surface area contributed by atoms with Gasteiger partial charge in [-0.2, -0.15) is 5.10 Å². The van der Waals surface area contributed by atoms with E-state index in [4.69, 9.17) is 0 Å². The van der Waals surface area contributed by atoms with Crippen molar-refractivity contribution in [2.24, 2.45) is 0 Å². The number of aldehydes is 1. The lowest BCUT2D eigenvalue weighted by Gasteiger charge is -1.99. The molecule has 5 heteroatoms. The molecule has 1 heterocycles. The first-order chi connectivity index (χ1) is 7.20. The number of hydrogen-bond acceptors (Lipinski definition) is 2. The Balaban J connectivity index is 2.45. The van der Waals surface area contributed by atoms with E-state index < -0.39 is 0 Å². The van der Waals surface area contributed by atoms with Gasteiger partial charge in [0.2, 0.25) is 0 Å². The number of carbonyl (C=O) groups is 1. The Labute approximate surface area is 93.7 Å². The second kappa shape index (κ2) is 3.94. The van der Waals surface area contributed by atoms with Crippen molar-refractivity contribution in [1.29, 1.82) is 0 Å². The predicted molar refractivity (Wildman–Crippen MR) is 56.6 cm³/mol. The van der Waals surface area contributed by atoms with Gasteiger partial charge in [0.25, 0.3) is 0 Å². The minimum atomic E-state index is -0.305. The van der Waals surface area contributed by atoms with Gasteiger partial charge < -0.3 is 0 Å². The number of carbonyl (C=O) groups excluding carboxylic acids is 1. The summed E-state index contributed by atoms with van der Waals surface area (Å²) >= 11 is 3.20. The van der Waals surface area contributed by atoms with Gasteiger partial charge in [-0.3, -0.25) is 4.79 Å². The smallest absolute Gasteiger partial charge is 0.171 e. The molecule has 0 radical (unpaired) electrons. The molecule has 0 spiro atoms. The molecule has 0 bridgehead atoms. The largest absolute Gasteiger partial charge is 0.296 e. The Morgan fingerprint density at radius 3 is 2.53 bits per heavy atom. The molecule has 1 aromatic heterocycles. The summed E-state index contributed by atoms with van der Waals surface area (Å²) in [6.07, 6.45) is 2.31. The SMILES string of the molecule is O=Cc1nn(-c2ccc(F)cc2)cc1Br. The third-order valence-electron chi connectivity index (χ3n) is 1.90. The number of halogens is 2. The zero-order valence-electron chi connectivity index (χ0n) is 7.52. The fraction of sp³-hybridized carbons (Fsp3) is 0. The molecule has 15 heavy (non-hydrogen) atoms. The van der Waals surface area contributed by atoms with E-state index in [0.717, 1.165) is 0 Å². The molecule has 0 amide bonds. The molecule has 0 aliphatic carbocycles. The first-order valence-corrected chi connectivity index (χ1v) is 4.96. The van der Waals surface area contributed by atoms with Crippen LogP contribution in [-0.4, -0.2) is 16.1 Å². The molecule has 0 unspecified atom stereocenters. The van der Waals surface area contributed by atoms with E-state index in [2.05, 4.69) is 21.0 Å². The summed E-state index contributed by atoms with van der Waals surface area (Å²) in [5.74, 6) is -0.305. The van der Waals surface area contributed by atoms with Crippen LogP contribution < -0.4 is 0 Å². The van der Waals surface area contributed by atoms with Gasteiger partial charge in [0.05, 0.1) is 10.2 Å². The Morgan fingerprint density at radius 2 is 2.00 bits per heavy atom. The summed E-state index contributed by atoms with van der Waals surface area (Å²) in [5.41, 5.74) is 1.02. The summed E-state index contributed by atoms with van der Waals surface area (Å²) < 4.78 is 14.8. The summed E-state index contributed by atoms with van der Waals surface area (Å²) in [4.78, 5) is 10.6. The highest BCUT2D eigenvalue weighted by Crippen LogP contribution is 2.16. The third-order valence-corrected chi connectivity index (χ3v) is 2.51. The Kier molecular flexibility index (Phi) is 2.64. The van der Waals surface area contributed by atoms with Crippen LogP contribution in [0.15, 0.2) is 34.9 Å². The van der Waals surface area contributed by atoms with Crippen LogP contribution in [0.4, 0.5) is 4.39 Å². The number of nitrogens with zero attached hydrogens (tertiary/aromatic N) is 2. The minimum absolute atomic E-state index is 0.305. The van der Waals surface area contributed by atoms with Crippen LogP contribution in [0.5, 0.6) is 0 Å². The quantitative estimate of drug-likeness (QED) is 0.785. The van der Waals surface area contributed by atoms with Crippen LogP contribution in [0.2, 0.25) is 0 Å². The highest BCUT2D eigenvalue weighted by molar-refractivity contribution is 9.10. The maximum atomic E-state index is 12.7. The average molecular weight is 269 g/mol. The fourth-order valence-corrected chi connectivity index (χ4v) is 1.54. The third kappa shape index (κ3) is 1.97. The van der Waals surface area contributed by atoms with Crippen LogP contribution in [0.3, 0.4) is 0 Å². The predicted octanol–water partition coefficient (Wildman–Crippen LogP) is 2.59. The summed E-state index contributed by atoms with van der Waals surface area (Å²) in [5, 5.41) is 4.01. The van der Waals surface area contributed by atoms with E-state index in [0.29, 0.717) is 22.1 Å². The molecule has 0 N–H and O–H groups in total. The van der Waals surface area contributed by atoms with Crippen molar-refractivity contribution in [2.75, 3.05) is 0 Å². The molecular formula is C10H6BrFN2O. The number of rotatable bonds is 2. The molecular weight excluding hydrogens is 263 g/mol. The van der Waals surface area contributed by atoms with E-state index in [-0.39, 0.29) is 5.82 Å². The van der Waals surface area contributed by atoms with E-state index in [1.807, 2.05) is 0 Å². The number of hydrogen-bond donors (Lipinski definition) is 0. The first kappa shape index (κ1) is 10.0. The van der Waals surface area contributed by atoms with E-state index >= 15 is 0 Å². The maximum Gasteiger partial charge on any atom is 0.171 e. The van der Waals surface area contributed by atoms with Gasteiger partial charge in [0, 0.05) is 6.20 Å². The van der Waals surface area contributed by atoms with Gasteiger partial charge in [-0.05, 0) is 40.2 Å². The number of benzene rings is 1. The Morgan fingerprint density at radius 1 is 1.33 bits per heavy atom. The second-order valence-electron chi connectivity index (χ2n) is 2.90. The zero-order valence-corrected chi connectivity index (χ0v) is 9.11. The van der Waals surface area contributed by atoms with Crippen molar-refractivity contribution in [3.63, 3.8) is 0 Å². The lowest BCUT2D eigenvalue weighted by molar-refractivity contribution is 0.111. The van der Waals surface area contributed by atoms with E-state index in [1.165, 1.54) is 16.8 Å². The lowest BCUT2D eigenvalue weighted by atomic mass is 10.3. The van der Waals surface area contributed by atoms with Crippen molar-refractivity contribution in [3.8, 4) is 5.69 Å². The standard InChI is InChI=1S/C10H6BrFN2O/c11-9-5-14(13-10(9)6-15)8-3-1-7(12)2-4-8/h1-6H. The molecule has 76 valence electrons. The van der Waals surface area contributed by atoms with Crippen LogP contribution >= 0.6 is 15.9 Å². The van der Waals surface area contributed by atoms with Crippen LogP contribution in [0.25, 0.3) is 5.69 Å². The van der Waals surface area contributed by atoms with Gasteiger partial charge in [-0.25, -0.2) is 9.07 Å². The summed E-state index contributed by atoms with van der Waals surface area (Å²) in [6, 6.07) is 5.85. The molecule has 2 aromatic rings. The van der Waals surface area contributed by atoms with Gasteiger partial charge in [-0.15, -0.1) is 0 Å². The fourth-order valence-electron chi connectivity index (χ4n) is 1.17. The molecule has 2 rings (SSSR count). The molecule has 1 aromatic carbocycles. The lowest BCUT2D eigenvalue weighted by Crippen LogP contribution is -1.95. The van der Waals surface area contributed by atoms with E-state index in [1.54, 1.807) is 18.3 Å². The number of aromatic nitrogens is 2. The van der Waals surface area contributed by atoms with Crippen molar-refractivity contribution >= 4 is 22.2 Å². The van der Waals surface area contributed by atoms with Crippen LogP contribution in [0.1, 0.15) is 10.5 Å². The van der Waals surface area contributed by atoms with Crippen LogP contribution in [0, 0.1) is 5.82 Å². The monoisotopic (exact) mass is 268 g/mol. The zero-order chi connectivity index (χ0) is 10.8. The van der Waals surface area contributed by atoms with Gasteiger partial charge >= 0.3 is 0 Å². The first-order valence-electron chi connectivity index (χ1n) is 4.17. The van der Waals surface area contributed by atoms with Crippen molar-refractivity contribution < 1.29 is 9.18 Å². The van der Waals surface area contributed by atoms with Crippen molar-refractivity contribution in [3.05, 3.63) is 46.4 Å². The summed E-state index contributed by atoms with van der Waals surface area (Å²) in [7, 11) is 0. The average Bonchev–Trinajstić information content (AvgIpc) is 2.61.